The van der Waals surface area contributed by atoms with Gasteiger partial charge in [-0.15, -0.1) is 0 Å². The van der Waals surface area contributed by atoms with Crippen molar-refractivity contribution in [1.29, 1.82) is 0 Å². The summed E-state index contributed by atoms with van der Waals surface area (Å²) in [5.74, 6) is 0. The number of nitrogens with one attached hydrogen (secondary N) is 2. The number of hydrogen-bond donors (Lipinski definition) is 3. The topological polar surface area (TPSA) is 61.4 Å². The van der Waals surface area contributed by atoms with Crippen LogP contribution in [0.1, 0.15) is 44.9 Å². The Hall–Kier alpha value is -0.770. The van der Waals surface area contributed by atoms with E-state index in [0.717, 1.165) is 25.7 Å². The molecule has 0 aliphatic heterocycles. The van der Waals surface area contributed by atoms with E-state index in [0.29, 0.717) is 12.6 Å². The molecule has 16 heavy (non-hydrogen) atoms. The zero-order chi connectivity index (χ0) is 11.4. The molecular weight excluding hydrogens is 204 g/mol. The van der Waals surface area contributed by atoms with Gasteiger partial charge in [-0.2, -0.15) is 0 Å². The van der Waals surface area contributed by atoms with E-state index in [1.807, 2.05) is 0 Å². The average molecular weight is 226 g/mol. The third kappa shape index (κ3) is 3.11. The lowest BCUT2D eigenvalue weighted by Gasteiger charge is -2.23. The summed E-state index contributed by atoms with van der Waals surface area (Å²) < 4.78 is 0. The van der Waals surface area contributed by atoms with Gasteiger partial charge in [-0.05, 0) is 25.7 Å². The largest absolute Gasteiger partial charge is 0.396 e. The third-order valence-corrected chi connectivity index (χ3v) is 3.86. The Bertz CT molecular complexity index is 245. The van der Waals surface area contributed by atoms with Crippen molar-refractivity contribution in [1.82, 2.24) is 10.6 Å². The van der Waals surface area contributed by atoms with Crippen molar-refractivity contribution in [3.8, 4) is 0 Å². The highest BCUT2D eigenvalue weighted by Crippen LogP contribution is 2.44. The monoisotopic (exact) mass is 226 g/mol. The number of hydrogen-bond acceptors (Lipinski definition) is 2. The average Bonchev–Trinajstić information content (AvgIpc) is 3.09. The molecule has 2 amide bonds. The SMILES string of the molecule is O=C(NCC1(CO)CC1)NC1CCCCC1. The van der Waals surface area contributed by atoms with Gasteiger partial charge in [0.1, 0.15) is 0 Å². The zero-order valence-electron chi connectivity index (χ0n) is 9.80. The molecule has 0 spiro atoms. The second-order valence-electron chi connectivity index (χ2n) is 5.32. The molecule has 92 valence electrons. The van der Waals surface area contributed by atoms with Gasteiger partial charge in [0.2, 0.25) is 0 Å². The smallest absolute Gasteiger partial charge is 0.315 e. The molecule has 2 aliphatic carbocycles. The second-order valence-corrected chi connectivity index (χ2v) is 5.32. The summed E-state index contributed by atoms with van der Waals surface area (Å²) in [5.41, 5.74) is 0.00387. The van der Waals surface area contributed by atoms with Gasteiger partial charge in [-0.25, -0.2) is 4.79 Å². The van der Waals surface area contributed by atoms with Gasteiger partial charge in [0.15, 0.2) is 0 Å². The summed E-state index contributed by atoms with van der Waals surface area (Å²) in [6.45, 7) is 0.804. The molecule has 0 atom stereocenters. The van der Waals surface area contributed by atoms with Crippen LogP contribution in [-0.4, -0.2) is 30.3 Å². The number of aliphatic hydroxyl groups excluding tert-OH is 1. The van der Waals surface area contributed by atoms with E-state index in [1.165, 1.54) is 19.3 Å². The van der Waals surface area contributed by atoms with Crippen LogP contribution < -0.4 is 10.6 Å². The summed E-state index contributed by atoms with van der Waals surface area (Å²) in [7, 11) is 0. The van der Waals surface area contributed by atoms with Crippen molar-refractivity contribution in [3.05, 3.63) is 0 Å². The summed E-state index contributed by atoms with van der Waals surface area (Å²) in [6, 6.07) is 0.296. The molecule has 4 nitrogen and oxygen atoms in total. The maximum atomic E-state index is 11.6. The summed E-state index contributed by atoms with van der Waals surface area (Å²) in [5, 5.41) is 15.0. The molecule has 4 heteroatoms. The highest BCUT2D eigenvalue weighted by Gasteiger charge is 2.42. The van der Waals surface area contributed by atoms with Crippen LogP contribution in [0, 0.1) is 5.41 Å². The first kappa shape index (κ1) is 11.7. The molecule has 0 radical (unpaired) electrons. The molecule has 2 fully saturated rings. The number of rotatable bonds is 4. The van der Waals surface area contributed by atoms with E-state index >= 15 is 0 Å². The maximum absolute atomic E-state index is 11.6. The Morgan fingerprint density at radius 2 is 1.94 bits per heavy atom. The van der Waals surface area contributed by atoms with Gasteiger partial charge in [0.25, 0.3) is 0 Å². The Morgan fingerprint density at radius 1 is 1.25 bits per heavy atom. The normalized spacial score (nSPS) is 23.8. The van der Waals surface area contributed by atoms with Crippen molar-refractivity contribution in [2.75, 3.05) is 13.2 Å². The number of carbonyl (C=O) groups excluding carboxylic acids is 1. The molecular formula is C12H22N2O2. The molecule has 0 aromatic carbocycles. The first-order valence-corrected chi connectivity index (χ1v) is 6.39. The van der Waals surface area contributed by atoms with Crippen molar-refractivity contribution < 1.29 is 9.90 Å². The highest BCUT2D eigenvalue weighted by atomic mass is 16.3. The van der Waals surface area contributed by atoms with E-state index < -0.39 is 0 Å². The van der Waals surface area contributed by atoms with Crippen LogP contribution >= 0.6 is 0 Å². The van der Waals surface area contributed by atoms with Crippen LogP contribution in [-0.2, 0) is 0 Å². The van der Waals surface area contributed by atoms with Crippen LogP contribution in [0.25, 0.3) is 0 Å². The highest BCUT2D eigenvalue weighted by molar-refractivity contribution is 5.74. The molecule has 3 N–H and O–H groups in total. The first-order chi connectivity index (χ1) is 7.74. The van der Waals surface area contributed by atoms with Crippen molar-refractivity contribution in [2.45, 2.75) is 51.0 Å². The van der Waals surface area contributed by atoms with E-state index in [1.54, 1.807) is 0 Å². The Morgan fingerprint density at radius 3 is 2.50 bits per heavy atom. The predicted molar refractivity (Wildman–Crippen MR) is 62.2 cm³/mol. The van der Waals surface area contributed by atoms with Crippen LogP contribution in [0.5, 0.6) is 0 Å². The number of urea groups is 1. The minimum absolute atomic E-state index is 0.00387. The molecule has 2 aliphatic rings. The number of aliphatic hydroxyl groups is 1. The van der Waals surface area contributed by atoms with E-state index in [2.05, 4.69) is 10.6 Å². The van der Waals surface area contributed by atoms with E-state index in [9.17, 15) is 4.79 Å². The molecule has 0 saturated heterocycles. The fourth-order valence-corrected chi connectivity index (χ4v) is 2.32. The molecule has 0 aromatic rings. The Balaban J connectivity index is 1.64. The first-order valence-electron chi connectivity index (χ1n) is 6.39. The van der Waals surface area contributed by atoms with Crippen molar-refractivity contribution in [3.63, 3.8) is 0 Å². The van der Waals surface area contributed by atoms with Gasteiger partial charge >= 0.3 is 6.03 Å². The standard InChI is InChI=1S/C12H22N2O2/c15-9-12(6-7-12)8-13-11(16)14-10-4-2-1-3-5-10/h10,15H,1-9H2,(H2,13,14,16). The van der Waals surface area contributed by atoms with Gasteiger partial charge < -0.3 is 15.7 Å². The van der Waals surface area contributed by atoms with Crippen molar-refractivity contribution >= 4 is 6.03 Å². The van der Waals surface area contributed by atoms with Crippen LogP contribution in [0.4, 0.5) is 4.79 Å². The molecule has 0 heterocycles. The molecule has 2 saturated carbocycles. The minimum atomic E-state index is -0.0633. The fraction of sp³-hybridized carbons (Fsp3) is 0.917. The van der Waals surface area contributed by atoms with Crippen molar-refractivity contribution in [2.24, 2.45) is 5.41 Å². The number of amides is 2. The third-order valence-electron chi connectivity index (χ3n) is 3.86. The van der Waals surface area contributed by atoms with Gasteiger partial charge in [0, 0.05) is 18.0 Å². The molecule has 0 bridgehead atoms. The summed E-state index contributed by atoms with van der Waals surface area (Å²) in [6.07, 6.45) is 8.04. The van der Waals surface area contributed by atoms with Crippen LogP contribution in [0.2, 0.25) is 0 Å². The Kier molecular flexibility index (Phi) is 3.69. The second kappa shape index (κ2) is 5.04. The number of carbonyl (C=O) groups is 1. The van der Waals surface area contributed by atoms with Crippen LogP contribution in [0.3, 0.4) is 0 Å². The van der Waals surface area contributed by atoms with Gasteiger partial charge in [-0.3, -0.25) is 0 Å². The van der Waals surface area contributed by atoms with Crippen LogP contribution in [0.15, 0.2) is 0 Å². The van der Waals surface area contributed by atoms with Gasteiger partial charge in [-0.1, -0.05) is 19.3 Å². The van der Waals surface area contributed by atoms with Gasteiger partial charge in [0.05, 0.1) is 6.61 Å². The quantitative estimate of drug-likeness (QED) is 0.678. The molecule has 0 aromatic heterocycles. The predicted octanol–water partition coefficient (Wildman–Crippen LogP) is 1.39. The maximum Gasteiger partial charge on any atom is 0.315 e. The minimum Gasteiger partial charge on any atom is -0.396 e. The lowest BCUT2D eigenvalue weighted by Crippen LogP contribution is -2.45. The van der Waals surface area contributed by atoms with E-state index in [-0.39, 0.29) is 18.1 Å². The lowest BCUT2D eigenvalue weighted by molar-refractivity contribution is 0.201. The molecule has 0 unspecified atom stereocenters. The Labute approximate surface area is 96.8 Å². The summed E-state index contributed by atoms with van der Waals surface area (Å²) >= 11 is 0. The lowest BCUT2D eigenvalue weighted by atomic mass is 9.96. The zero-order valence-corrected chi connectivity index (χ0v) is 9.80. The summed E-state index contributed by atoms with van der Waals surface area (Å²) in [4.78, 5) is 11.6. The van der Waals surface area contributed by atoms with E-state index in [4.69, 9.17) is 5.11 Å². The fourth-order valence-electron chi connectivity index (χ4n) is 2.32. The molecule has 2 rings (SSSR count).